The molecule has 0 N–H and O–H groups in total. The first kappa shape index (κ1) is 68.9. The second-order valence-corrected chi connectivity index (χ2v) is 21.7. The minimum atomic E-state index is -0.774. The van der Waals surface area contributed by atoms with E-state index in [9.17, 15) is 14.4 Å². The normalized spacial score (nSPS) is 12.1. The smallest absolute Gasteiger partial charge is 0.306 e. The lowest BCUT2D eigenvalue weighted by Gasteiger charge is -2.18. The van der Waals surface area contributed by atoms with Crippen molar-refractivity contribution in [1.29, 1.82) is 0 Å². The van der Waals surface area contributed by atoms with Crippen LogP contribution in [0.15, 0.2) is 24.3 Å². The molecule has 0 radical (unpaired) electrons. The summed E-state index contributed by atoms with van der Waals surface area (Å²) in [5.74, 6) is -0.862. The molecule has 1 unspecified atom stereocenters. The molecule has 0 bridgehead atoms. The summed E-state index contributed by atoms with van der Waals surface area (Å²) in [6, 6.07) is 0. The number of hydrogen-bond acceptors (Lipinski definition) is 6. The van der Waals surface area contributed by atoms with Gasteiger partial charge in [0, 0.05) is 19.3 Å². The molecular formula is C65H122O6. The van der Waals surface area contributed by atoms with Gasteiger partial charge in [0.15, 0.2) is 6.10 Å². The first-order valence-electron chi connectivity index (χ1n) is 31.8. The van der Waals surface area contributed by atoms with Gasteiger partial charge >= 0.3 is 17.9 Å². The maximum atomic E-state index is 12.8. The Kier molecular flexibility index (Phi) is 58.6. The molecule has 418 valence electrons. The predicted molar refractivity (Wildman–Crippen MR) is 307 cm³/mol. The molecule has 0 aliphatic rings. The molecule has 71 heavy (non-hydrogen) atoms. The zero-order valence-corrected chi connectivity index (χ0v) is 48.0. The van der Waals surface area contributed by atoms with Crippen LogP contribution < -0.4 is 0 Å². The molecule has 0 aliphatic carbocycles. The third-order valence-electron chi connectivity index (χ3n) is 14.4. The van der Waals surface area contributed by atoms with Gasteiger partial charge in [-0.2, -0.15) is 0 Å². The fraction of sp³-hybridized carbons (Fsp3) is 0.892. The van der Waals surface area contributed by atoms with E-state index in [2.05, 4.69) is 45.1 Å². The predicted octanol–water partition coefficient (Wildman–Crippen LogP) is 21.4. The lowest BCUT2D eigenvalue weighted by Crippen LogP contribution is -2.30. The number of allylic oxidation sites excluding steroid dienone is 4. The monoisotopic (exact) mass is 999 g/mol. The van der Waals surface area contributed by atoms with Crippen molar-refractivity contribution in [2.75, 3.05) is 13.2 Å². The minimum Gasteiger partial charge on any atom is -0.462 e. The van der Waals surface area contributed by atoms with Crippen LogP contribution >= 0.6 is 0 Å². The molecule has 0 aromatic rings. The van der Waals surface area contributed by atoms with Gasteiger partial charge in [-0.25, -0.2) is 0 Å². The number of ether oxygens (including phenoxy) is 3. The molecule has 0 heterocycles. The Balaban J connectivity index is 4.14. The topological polar surface area (TPSA) is 78.9 Å². The number of carbonyl (C=O) groups excluding carboxylic acids is 3. The Morgan fingerprint density at radius 1 is 0.282 bits per heavy atom. The maximum absolute atomic E-state index is 12.8. The van der Waals surface area contributed by atoms with Crippen molar-refractivity contribution < 1.29 is 28.6 Å². The quantitative estimate of drug-likeness (QED) is 0.0261. The summed E-state index contributed by atoms with van der Waals surface area (Å²) >= 11 is 0. The van der Waals surface area contributed by atoms with E-state index >= 15 is 0 Å². The molecule has 0 spiro atoms. The second-order valence-electron chi connectivity index (χ2n) is 21.7. The van der Waals surface area contributed by atoms with Crippen molar-refractivity contribution in [3.8, 4) is 0 Å². The third kappa shape index (κ3) is 58.7. The zero-order chi connectivity index (χ0) is 51.4. The Morgan fingerprint density at radius 3 is 0.831 bits per heavy atom. The molecule has 0 saturated carbocycles. The minimum absolute atomic E-state index is 0.0714. The first-order valence-corrected chi connectivity index (χ1v) is 31.8. The van der Waals surface area contributed by atoms with Crippen molar-refractivity contribution in [3.05, 3.63) is 24.3 Å². The van der Waals surface area contributed by atoms with E-state index in [1.54, 1.807) is 0 Å². The molecule has 0 aliphatic heterocycles. The second kappa shape index (κ2) is 60.4. The van der Waals surface area contributed by atoms with Gasteiger partial charge in [-0.15, -0.1) is 0 Å². The highest BCUT2D eigenvalue weighted by atomic mass is 16.6. The van der Waals surface area contributed by atoms with Crippen LogP contribution in [0.25, 0.3) is 0 Å². The van der Waals surface area contributed by atoms with Crippen LogP contribution in [0.1, 0.15) is 355 Å². The highest BCUT2D eigenvalue weighted by Gasteiger charge is 2.19. The van der Waals surface area contributed by atoms with Gasteiger partial charge in [0.05, 0.1) is 0 Å². The molecule has 6 nitrogen and oxygen atoms in total. The van der Waals surface area contributed by atoms with Crippen LogP contribution in [0.5, 0.6) is 0 Å². The summed E-state index contributed by atoms with van der Waals surface area (Å²) in [4.78, 5) is 38.2. The van der Waals surface area contributed by atoms with Gasteiger partial charge in [-0.1, -0.05) is 315 Å². The summed E-state index contributed by atoms with van der Waals surface area (Å²) in [7, 11) is 0. The molecule has 0 aromatic heterocycles. The number of carbonyl (C=O) groups is 3. The largest absolute Gasteiger partial charge is 0.462 e. The highest BCUT2D eigenvalue weighted by molar-refractivity contribution is 5.71. The number of unbranched alkanes of at least 4 members (excludes halogenated alkanes) is 44. The van der Waals surface area contributed by atoms with Gasteiger partial charge in [0.2, 0.25) is 0 Å². The summed E-state index contributed by atoms with van der Waals surface area (Å²) < 4.78 is 16.9. The molecule has 0 saturated heterocycles. The van der Waals surface area contributed by atoms with Gasteiger partial charge in [-0.05, 0) is 44.9 Å². The highest BCUT2D eigenvalue weighted by Crippen LogP contribution is 2.18. The van der Waals surface area contributed by atoms with Crippen LogP contribution in [0.3, 0.4) is 0 Å². The Hall–Kier alpha value is -2.11. The fourth-order valence-corrected chi connectivity index (χ4v) is 9.66. The van der Waals surface area contributed by atoms with E-state index in [0.717, 1.165) is 89.9 Å². The van der Waals surface area contributed by atoms with Crippen LogP contribution in [0, 0.1) is 0 Å². The average molecular weight is 1000 g/mol. The van der Waals surface area contributed by atoms with E-state index in [-0.39, 0.29) is 31.1 Å². The summed E-state index contributed by atoms with van der Waals surface area (Å²) in [6.07, 6.45) is 72.0. The van der Waals surface area contributed by atoms with Crippen LogP contribution in [-0.4, -0.2) is 37.2 Å². The molecule has 0 amide bonds. The van der Waals surface area contributed by atoms with E-state index < -0.39 is 6.10 Å². The van der Waals surface area contributed by atoms with Crippen LogP contribution in [0.2, 0.25) is 0 Å². The van der Waals surface area contributed by atoms with E-state index in [1.165, 1.54) is 225 Å². The van der Waals surface area contributed by atoms with Gasteiger partial charge < -0.3 is 14.2 Å². The molecule has 0 fully saturated rings. The lowest BCUT2D eigenvalue weighted by atomic mass is 10.0. The summed E-state index contributed by atoms with van der Waals surface area (Å²) in [5, 5.41) is 0. The van der Waals surface area contributed by atoms with Gasteiger partial charge in [0.1, 0.15) is 13.2 Å². The Morgan fingerprint density at radius 2 is 0.535 bits per heavy atom. The molecule has 0 aromatic carbocycles. The molecular weight excluding hydrogens is 877 g/mol. The fourth-order valence-electron chi connectivity index (χ4n) is 9.66. The van der Waals surface area contributed by atoms with Crippen molar-refractivity contribution in [2.45, 2.75) is 361 Å². The van der Waals surface area contributed by atoms with Crippen molar-refractivity contribution >= 4 is 17.9 Å². The summed E-state index contributed by atoms with van der Waals surface area (Å²) in [6.45, 7) is 6.62. The first-order chi connectivity index (χ1) is 35.0. The van der Waals surface area contributed by atoms with Gasteiger partial charge in [0.25, 0.3) is 0 Å². The molecule has 1 atom stereocenters. The van der Waals surface area contributed by atoms with E-state index in [4.69, 9.17) is 14.2 Å². The van der Waals surface area contributed by atoms with E-state index in [1.807, 2.05) is 0 Å². The van der Waals surface area contributed by atoms with Crippen molar-refractivity contribution in [2.24, 2.45) is 0 Å². The lowest BCUT2D eigenvalue weighted by molar-refractivity contribution is -0.167. The Bertz CT molecular complexity index is 1150. The maximum Gasteiger partial charge on any atom is 0.306 e. The average Bonchev–Trinajstić information content (AvgIpc) is 3.37. The third-order valence-corrected chi connectivity index (χ3v) is 14.4. The van der Waals surface area contributed by atoms with E-state index in [0.29, 0.717) is 19.3 Å². The number of rotatable bonds is 59. The van der Waals surface area contributed by atoms with Crippen LogP contribution in [0.4, 0.5) is 0 Å². The SMILES string of the molecule is CCC/C=C\C/C=C\CCCCCCCC(=O)OC(COC(=O)CCCCCCCCCCCCCCC)COC(=O)CCCCCCCCCCCCCCCCCCCCCCCCCCCCC. The van der Waals surface area contributed by atoms with Crippen LogP contribution in [-0.2, 0) is 28.6 Å². The zero-order valence-electron chi connectivity index (χ0n) is 48.0. The standard InChI is InChI=1S/C65H122O6/c1-4-7-10-13-16-19-22-25-26-27-28-29-30-31-32-33-34-35-36-37-38-41-43-46-49-52-55-58-64(67)70-61-62(71-65(68)59-56-53-50-47-44-40-24-21-18-15-12-9-6-3)60-69-63(66)57-54-51-48-45-42-39-23-20-17-14-11-8-5-2/h12,15,21,24,62H,4-11,13-14,16-20,22-23,25-61H2,1-3H3/b15-12-,24-21-. The van der Waals surface area contributed by atoms with Crippen molar-refractivity contribution in [3.63, 3.8) is 0 Å². The number of esters is 3. The van der Waals surface area contributed by atoms with Gasteiger partial charge in [-0.3, -0.25) is 14.4 Å². The Labute approximate surface area is 443 Å². The molecule has 6 heteroatoms. The number of hydrogen-bond donors (Lipinski definition) is 0. The summed E-state index contributed by atoms with van der Waals surface area (Å²) in [5.41, 5.74) is 0. The van der Waals surface area contributed by atoms with Crippen molar-refractivity contribution in [1.82, 2.24) is 0 Å². The molecule has 0 rings (SSSR count).